The second-order valence-corrected chi connectivity index (χ2v) is 6.22. The molecular formula is C18H27N3O2. The lowest BCUT2D eigenvalue weighted by molar-refractivity contribution is -0.132. The highest BCUT2D eigenvalue weighted by Gasteiger charge is 2.37. The maximum Gasteiger partial charge on any atom is 0.239 e. The molecule has 1 saturated heterocycles. The van der Waals surface area contributed by atoms with Crippen molar-refractivity contribution < 1.29 is 9.59 Å². The number of anilines is 1. The summed E-state index contributed by atoms with van der Waals surface area (Å²) in [5.41, 5.74) is 3.15. The van der Waals surface area contributed by atoms with Gasteiger partial charge in [0.2, 0.25) is 11.8 Å². The molecule has 0 aliphatic carbocycles. The van der Waals surface area contributed by atoms with Crippen LogP contribution < -0.4 is 15.5 Å². The van der Waals surface area contributed by atoms with Crippen molar-refractivity contribution in [1.82, 2.24) is 10.6 Å². The van der Waals surface area contributed by atoms with Crippen LogP contribution in [0.1, 0.15) is 30.9 Å². The van der Waals surface area contributed by atoms with E-state index >= 15 is 0 Å². The fourth-order valence-corrected chi connectivity index (χ4v) is 2.99. The Morgan fingerprint density at radius 2 is 1.87 bits per heavy atom. The standard InChI is InChI=1S/C18H27N3O2/c1-4-6-19-7-8-20-17(22)16-5-9-21(18(16)23)15-11-13(2)10-14(3)12-15/h10-12,16,19H,4-9H2,1-3H3,(H,20,22). The zero-order valence-electron chi connectivity index (χ0n) is 14.3. The maximum atomic E-state index is 12.6. The molecular weight excluding hydrogens is 290 g/mol. The van der Waals surface area contributed by atoms with Gasteiger partial charge in [-0.2, -0.15) is 0 Å². The molecule has 5 heteroatoms. The fraction of sp³-hybridized carbons (Fsp3) is 0.556. The predicted octanol–water partition coefficient (Wildman–Crippen LogP) is 1.77. The fourth-order valence-electron chi connectivity index (χ4n) is 2.99. The van der Waals surface area contributed by atoms with Gasteiger partial charge in [-0.1, -0.05) is 13.0 Å². The molecule has 0 radical (unpaired) electrons. The number of aryl methyl sites for hydroxylation is 2. The van der Waals surface area contributed by atoms with Gasteiger partial charge in [-0.15, -0.1) is 0 Å². The van der Waals surface area contributed by atoms with Gasteiger partial charge >= 0.3 is 0 Å². The highest BCUT2D eigenvalue weighted by molar-refractivity contribution is 6.09. The molecule has 1 aromatic rings. The van der Waals surface area contributed by atoms with E-state index < -0.39 is 5.92 Å². The summed E-state index contributed by atoms with van der Waals surface area (Å²) in [6.07, 6.45) is 1.65. The van der Waals surface area contributed by atoms with Crippen molar-refractivity contribution in [2.24, 2.45) is 5.92 Å². The van der Waals surface area contributed by atoms with Gasteiger partial charge < -0.3 is 15.5 Å². The molecule has 1 aromatic carbocycles. The van der Waals surface area contributed by atoms with Gasteiger partial charge in [0.15, 0.2) is 0 Å². The molecule has 0 spiro atoms. The molecule has 126 valence electrons. The molecule has 2 amide bonds. The van der Waals surface area contributed by atoms with Gasteiger partial charge in [-0.25, -0.2) is 0 Å². The van der Waals surface area contributed by atoms with Crippen LogP contribution in [-0.2, 0) is 9.59 Å². The van der Waals surface area contributed by atoms with Crippen LogP contribution in [0.15, 0.2) is 18.2 Å². The van der Waals surface area contributed by atoms with E-state index in [0.717, 1.165) is 36.3 Å². The number of hydrogen-bond acceptors (Lipinski definition) is 3. The molecule has 1 unspecified atom stereocenters. The van der Waals surface area contributed by atoms with Crippen molar-refractivity contribution in [3.63, 3.8) is 0 Å². The lowest BCUT2D eigenvalue weighted by Crippen LogP contribution is -2.39. The highest BCUT2D eigenvalue weighted by Crippen LogP contribution is 2.27. The Bertz CT molecular complexity index is 551. The van der Waals surface area contributed by atoms with Crippen LogP contribution in [0.3, 0.4) is 0 Å². The summed E-state index contributed by atoms with van der Waals surface area (Å²) in [6.45, 7) is 8.99. The van der Waals surface area contributed by atoms with Crippen molar-refractivity contribution in [2.75, 3.05) is 31.1 Å². The largest absolute Gasteiger partial charge is 0.354 e. The molecule has 1 atom stereocenters. The molecule has 0 bridgehead atoms. The van der Waals surface area contributed by atoms with E-state index in [9.17, 15) is 9.59 Å². The summed E-state index contributed by atoms with van der Waals surface area (Å²) >= 11 is 0. The van der Waals surface area contributed by atoms with E-state index in [0.29, 0.717) is 19.5 Å². The molecule has 2 rings (SSSR count). The van der Waals surface area contributed by atoms with Crippen LogP contribution in [0.4, 0.5) is 5.69 Å². The number of carbonyl (C=O) groups is 2. The first kappa shape index (κ1) is 17.5. The second kappa shape index (κ2) is 8.11. The zero-order valence-corrected chi connectivity index (χ0v) is 14.3. The Morgan fingerprint density at radius 1 is 1.17 bits per heavy atom. The van der Waals surface area contributed by atoms with Gasteiger partial charge in [0.1, 0.15) is 5.92 Å². The van der Waals surface area contributed by atoms with Crippen molar-refractivity contribution >= 4 is 17.5 Å². The molecule has 1 aliphatic rings. The molecule has 0 aromatic heterocycles. The van der Waals surface area contributed by atoms with Crippen LogP contribution in [0.25, 0.3) is 0 Å². The summed E-state index contributed by atoms with van der Waals surface area (Å²) in [5.74, 6) is -0.795. The maximum absolute atomic E-state index is 12.6. The summed E-state index contributed by atoms with van der Waals surface area (Å²) in [5, 5.41) is 6.09. The van der Waals surface area contributed by atoms with E-state index in [2.05, 4.69) is 23.6 Å². The Labute approximate surface area is 138 Å². The third kappa shape index (κ3) is 4.55. The van der Waals surface area contributed by atoms with Gasteiger partial charge in [0, 0.05) is 25.3 Å². The van der Waals surface area contributed by atoms with Crippen molar-refractivity contribution in [3.8, 4) is 0 Å². The summed E-state index contributed by atoms with van der Waals surface area (Å²) < 4.78 is 0. The Balaban J connectivity index is 1.91. The highest BCUT2D eigenvalue weighted by atomic mass is 16.2. The molecule has 0 saturated carbocycles. The topological polar surface area (TPSA) is 61.4 Å². The number of rotatable bonds is 7. The summed E-state index contributed by atoms with van der Waals surface area (Å²) in [7, 11) is 0. The van der Waals surface area contributed by atoms with Crippen LogP contribution in [0.5, 0.6) is 0 Å². The van der Waals surface area contributed by atoms with E-state index in [-0.39, 0.29) is 11.8 Å². The quantitative estimate of drug-likeness (QED) is 0.595. The van der Waals surface area contributed by atoms with E-state index in [1.165, 1.54) is 0 Å². The number of hydrogen-bond donors (Lipinski definition) is 2. The molecule has 5 nitrogen and oxygen atoms in total. The lowest BCUT2D eigenvalue weighted by Gasteiger charge is -2.18. The molecule has 2 N–H and O–H groups in total. The molecule has 1 aliphatic heterocycles. The van der Waals surface area contributed by atoms with Gasteiger partial charge in [0.05, 0.1) is 0 Å². The van der Waals surface area contributed by atoms with Crippen molar-refractivity contribution in [1.29, 1.82) is 0 Å². The molecule has 23 heavy (non-hydrogen) atoms. The zero-order chi connectivity index (χ0) is 16.8. The minimum Gasteiger partial charge on any atom is -0.354 e. The van der Waals surface area contributed by atoms with Crippen molar-refractivity contribution in [3.05, 3.63) is 29.3 Å². The first-order valence-corrected chi connectivity index (χ1v) is 8.41. The number of amides is 2. The normalized spacial score (nSPS) is 17.6. The van der Waals surface area contributed by atoms with Gasteiger partial charge in [-0.05, 0) is 56.5 Å². The molecule has 1 heterocycles. The van der Waals surface area contributed by atoms with Crippen LogP contribution in [0, 0.1) is 19.8 Å². The monoisotopic (exact) mass is 317 g/mol. The minimum absolute atomic E-state index is 0.0889. The summed E-state index contributed by atoms with van der Waals surface area (Å²) in [4.78, 5) is 26.5. The second-order valence-electron chi connectivity index (χ2n) is 6.22. The Morgan fingerprint density at radius 3 is 2.52 bits per heavy atom. The Kier molecular flexibility index (Phi) is 6.16. The summed E-state index contributed by atoms with van der Waals surface area (Å²) in [6, 6.07) is 6.08. The first-order valence-electron chi connectivity index (χ1n) is 8.41. The van der Waals surface area contributed by atoms with E-state index in [1.807, 2.05) is 26.0 Å². The number of nitrogens with zero attached hydrogens (tertiary/aromatic N) is 1. The average Bonchev–Trinajstić information content (AvgIpc) is 2.87. The third-order valence-electron chi connectivity index (χ3n) is 4.07. The smallest absolute Gasteiger partial charge is 0.239 e. The number of nitrogens with one attached hydrogen (secondary N) is 2. The van der Waals surface area contributed by atoms with Crippen molar-refractivity contribution in [2.45, 2.75) is 33.6 Å². The average molecular weight is 317 g/mol. The number of carbonyl (C=O) groups excluding carboxylic acids is 2. The number of benzene rings is 1. The first-order chi connectivity index (χ1) is 11.0. The Hall–Kier alpha value is -1.88. The SMILES string of the molecule is CCCNCCNC(=O)C1CCN(c2cc(C)cc(C)c2)C1=O. The lowest BCUT2D eigenvalue weighted by atomic mass is 10.1. The van der Waals surface area contributed by atoms with Crippen LogP contribution in [0.2, 0.25) is 0 Å². The third-order valence-corrected chi connectivity index (χ3v) is 4.07. The van der Waals surface area contributed by atoms with Gasteiger partial charge in [0.25, 0.3) is 0 Å². The molecule has 1 fully saturated rings. The minimum atomic E-state index is -0.554. The van der Waals surface area contributed by atoms with Crippen LogP contribution >= 0.6 is 0 Å². The van der Waals surface area contributed by atoms with E-state index in [1.54, 1.807) is 4.90 Å². The van der Waals surface area contributed by atoms with Gasteiger partial charge in [-0.3, -0.25) is 9.59 Å². The van der Waals surface area contributed by atoms with E-state index in [4.69, 9.17) is 0 Å². The predicted molar refractivity (Wildman–Crippen MR) is 92.5 cm³/mol. The van der Waals surface area contributed by atoms with Crippen LogP contribution in [-0.4, -0.2) is 38.0 Å².